The van der Waals surface area contributed by atoms with Crippen molar-refractivity contribution < 1.29 is 23.8 Å². The lowest BCUT2D eigenvalue weighted by Crippen LogP contribution is -2.33. The summed E-state index contributed by atoms with van der Waals surface area (Å²) >= 11 is 0. The molecule has 2 aromatic carbocycles. The van der Waals surface area contributed by atoms with E-state index in [2.05, 4.69) is 10.4 Å². The lowest BCUT2D eigenvalue weighted by Gasteiger charge is -2.17. The predicted molar refractivity (Wildman–Crippen MR) is 102 cm³/mol. The number of carboxylic acids is 1. The molecule has 0 aliphatic carbocycles. The molecule has 1 aliphatic heterocycles. The second-order valence-corrected chi connectivity index (χ2v) is 6.39. The van der Waals surface area contributed by atoms with Crippen LogP contribution in [0.25, 0.3) is 0 Å². The van der Waals surface area contributed by atoms with Gasteiger partial charge in [0, 0.05) is 24.2 Å². The van der Waals surface area contributed by atoms with Crippen LogP contribution in [-0.4, -0.2) is 36.3 Å². The SMILES string of the molecule is COc1ccc(C(NC(=O)c2ccc(N3CCC(C)=N3)cc2)C(=O)O)cc1F. The number of nitrogens with zero attached hydrogens (tertiary/aromatic N) is 2. The van der Waals surface area contributed by atoms with Crippen molar-refractivity contribution in [2.75, 3.05) is 18.7 Å². The molecule has 0 saturated heterocycles. The topological polar surface area (TPSA) is 91.2 Å². The number of hydrazone groups is 1. The van der Waals surface area contributed by atoms with Crippen molar-refractivity contribution in [3.8, 4) is 5.75 Å². The fourth-order valence-corrected chi connectivity index (χ4v) is 2.91. The van der Waals surface area contributed by atoms with Crippen LogP contribution in [0.2, 0.25) is 0 Å². The van der Waals surface area contributed by atoms with Crippen LogP contribution in [0.5, 0.6) is 5.75 Å². The molecule has 0 radical (unpaired) electrons. The minimum absolute atomic E-state index is 0.00499. The first-order valence-electron chi connectivity index (χ1n) is 8.68. The third-order valence-corrected chi connectivity index (χ3v) is 4.44. The molecule has 8 heteroatoms. The van der Waals surface area contributed by atoms with Gasteiger partial charge in [-0.1, -0.05) is 6.07 Å². The molecule has 7 nitrogen and oxygen atoms in total. The Kier molecular flexibility index (Phi) is 5.58. The van der Waals surface area contributed by atoms with Crippen LogP contribution in [-0.2, 0) is 4.79 Å². The van der Waals surface area contributed by atoms with Crippen LogP contribution in [0.4, 0.5) is 10.1 Å². The van der Waals surface area contributed by atoms with E-state index in [1.165, 1.54) is 19.2 Å². The number of halogens is 1. The second kappa shape index (κ2) is 8.08. The quantitative estimate of drug-likeness (QED) is 0.798. The zero-order valence-electron chi connectivity index (χ0n) is 15.5. The molecule has 1 heterocycles. The lowest BCUT2D eigenvalue weighted by molar-refractivity contribution is -0.139. The number of aliphatic carboxylic acids is 1. The van der Waals surface area contributed by atoms with Gasteiger partial charge in [-0.3, -0.25) is 9.80 Å². The van der Waals surface area contributed by atoms with Gasteiger partial charge in [0.25, 0.3) is 5.91 Å². The first kappa shape index (κ1) is 19.3. The summed E-state index contributed by atoms with van der Waals surface area (Å²) in [5, 5.41) is 18.1. The molecule has 0 aromatic heterocycles. The van der Waals surface area contributed by atoms with Gasteiger partial charge in [-0.05, 0) is 48.9 Å². The monoisotopic (exact) mass is 385 g/mol. The largest absolute Gasteiger partial charge is 0.494 e. The number of carbonyl (C=O) groups is 2. The lowest BCUT2D eigenvalue weighted by atomic mass is 10.1. The Hall–Kier alpha value is -3.42. The first-order chi connectivity index (χ1) is 13.4. The molecule has 1 unspecified atom stereocenters. The van der Waals surface area contributed by atoms with Crippen molar-refractivity contribution in [1.29, 1.82) is 0 Å². The number of ether oxygens (including phenoxy) is 1. The van der Waals surface area contributed by atoms with Gasteiger partial charge >= 0.3 is 5.97 Å². The van der Waals surface area contributed by atoms with E-state index >= 15 is 0 Å². The number of benzene rings is 2. The number of methoxy groups -OCH3 is 1. The number of amides is 1. The van der Waals surface area contributed by atoms with Crippen LogP contribution < -0.4 is 15.1 Å². The van der Waals surface area contributed by atoms with Gasteiger partial charge in [0.15, 0.2) is 17.6 Å². The predicted octanol–water partition coefficient (Wildman–Crippen LogP) is 2.98. The summed E-state index contributed by atoms with van der Waals surface area (Å²) in [5.41, 5.74) is 2.29. The van der Waals surface area contributed by atoms with Crippen molar-refractivity contribution in [2.24, 2.45) is 5.10 Å². The molecule has 1 aliphatic rings. The zero-order chi connectivity index (χ0) is 20.3. The van der Waals surface area contributed by atoms with Gasteiger partial charge in [0.2, 0.25) is 0 Å². The van der Waals surface area contributed by atoms with Crippen molar-refractivity contribution >= 4 is 23.3 Å². The zero-order valence-corrected chi connectivity index (χ0v) is 15.5. The third-order valence-electron chi connectivity index (χ3n) is 4.44. The van der Waals surface area contributed by atoms with Gasteiger partial charge in [0.1, 0.15) is 0 Å². The number of hydrogen-bond acceptors (Lipinski definition) is 5. The van der Waals surface area contributed by atoms with E-state index in [-0.39, 0.29) is 11.3 Å². The van der Waals surface area contributed by atoms with Crippen LogP contribution >= 0.6 is 0 Å². The van der Waals surface area contributed by atoms with Gasteiger partial charge < -0.3 is 15.2 Å². The van der Waals surface area contributed by atoms with Gasteiger partial charge in [0.05, 0.1) is 12.8 Å². The minimum atomic E-state index is -1.39. The van der Waals surface area contributed by atoms with Crippen molar-refractivity contribution in [3.63, 3.8) is 0 Å². The number of anilines is 1. The van der Waals surface area contributed by atoms with Gasteiger partial charge in [-0.25, -0.2) is 9.18 Å². The van der Waals surface area contributed by atoms with Crippen molar-refractivity contribution in [3.05, 3.63) is 59.4 Å². The standard InChI is InChI=1S/C20H20FN3O4/c1-12-9-10-24(23-12)15-6-3-13(4-7-15)19(25)22-18(20(26)27)14-5-8-17(28-2)16(21)11-14/h3-8,11,18H,9-10H2,1-2H3,(H,22,25)(H,26,27). The van der Waals surface area contributed by atoms with Crippen LogP contribution in [0.1, 0.15) is 35.3 Å². The Morgan fingerprint density at radius 1 is 1.25 bits per heavy atom. The molecule has 0 saturated carbocycles. The second-order valence-electron chi connectivity index (χ2n) is 6.39. The Labute approximate surface area is 161 Å². The number of nitrogens with one attached hydrogen (secondary N) is 1. The van der Waals surface area contributed by atoms with Gasteiger partial charge in [-0.15, -0.1) is 0 Å². The maximum Gasteiger partial charge on any atom is 0.330 e. The van der Waals surface area contributed by atoms with E-state index in [0.29, 0.717) is 5.56 Å². The summed E-state index contributed by atoms with van der Waals surface area (Å²) in [6.07, 6.45) is 0.890. The summed E-state index contributed by atoms with van der Waals surface area (Å²) in [5.74, 6) is -2.58. The maximum absolute atomic E-state index is 13.9. The Bertz CT molecular complexity index is 928. The first-order valence-corrected chi connectivity index (χ1v) is 8.68. The number of carboxylic acid groups (broad SMARTS) is 1. The summed E-state index contributed by atoms with van der Waals surface area (Å²) < 4.78 is 18.7. The van der Waals surface area contributed by atoms with E-state index in [4.69, 9.17) is 4.74 Å². The van der Waals surface area contributed by atoms with E-state index in [1.54, 1.807) is 24.3 Å². The van der Waals surface area contributed by atoms with Crippen LogP contribution in [0.15, 0.2) is 47.6 Å². The average molecular weight is 385 g/mol. The molecule has 2 aromatic rings. The molecule has 1 amide bonds. The smallest absolute Gasteiger partial charge is 0.330 e. The maximum atomic E-state index is 13.9. The molecular weight excluding hydrogens is 365 g/mol. The molecule has 146 valence electrons. The van der Waals surface area contributed by atoms with Crippen molar-refractivity contribution in [2.45, 2.75) is 19.4 Å². The highest BCUT2D eigenvalue weighted by molar-refractivity contribution is 5.97. The van der Waals surface area contributed by atoms with E-state index in [1.807, 2.05) is 11.9 Å². The summed E-state index contributed by atoms with van der Waals surface area (Å²) in [6, 6.07) is 9.06. The summed E-state index contributed by atoms with van der Waals surface area (Å²) in [7, 11) is 1.31. The molecule has 28 heavy (non-hydrogen) atoms. The molecule has 0 spiro atoms. The highest BCUT2D eigenvalue weighted by Crippen LogP contribution is 2.23. The third kappa shape index (κ3) is 4.11. The number of rotatable bonds is 6. The van der Waals surface area contributed by atoms with E-state index < -0.39 is 23.7 Å². The van der Waals surface area contributed by atoms with E-state index in [0.717, 1.165) is 30.4 Å². The highest BCUT2D eigenvalue weighted by Gasteiger charge is 2.24. The molecule has 3 rings (SSSR count). The Morgan fingerprint density at radius 2 is 1.96 bits per heavy atom. The molecule has 1 atom stereocenters. The number of carbonyl (C=O) groups excluding carboxylic acids is 1. The summed E-state index contributed by atoms with van der Waals surface area (Å²) in [6.45, 7) is 2.73. The fourth-order valence-electron chi connectivity index (χ4n) is 2.91. The highest BCUT2D eigenvalue weighted by atomic mass is 19.1. The molecular formula is C20H20FN3O4. The van der Waals surface area contributed by atoms with Crippen LogP contribution in [0.3, 0.4) is 0 Å². The Morgan fingerprint density at radius 3 is 2.50 bits per heavy atom. The van der Waals surface area contributed by atoms with Gasteiger partial charge in [-0.2, -0.15) is 5.10 Å². The fraction of sp³-hybridized carbons (Fsp3) is 0.250. The molecule has 2 N–H and O–H groups in total. The minimum Gasteiger partial charge on any atom is -0.494 e. The molecule has 0 bridgehead atoms. The average Bonchev–Trinajstić information content (AvgIpc) is 3.12. The summed E-state index contributed by atoms with van der Waals surface area (Å²) in [4.78, 5) is 24.1. The Balaban J connectivity index is 1.75. The van der Waals surface area contributed by atoms with Crippen molar-refractivity contribution in [1.82, 2.24) is 5.32 Å². The van der Waals surface area contributed by atoms with Crippen LogP contribution in [0, 0.1) is 5.82 Å². The van der Waals surface area contributed by atoms with E-state index in [9.17, 15) is 19.1 Å². The normalized spacial score (nSPS) is 14.4. The molecule has 0 fully saturated rings. The number of hydrogen-bond donors (Lipinski definition) is 2.